The van der Waals surface area contributed by atoms with Crippen LogP contribution in [0.15, 0.2) is 34.9 Å². The summed E-state index contributed by atoms with van der Waals surface area (Å²) >= 11 is 3.39. The molecule has 0 aliphatic heterocycles. The third kappa shape index (κ3) is 2.90. The highest BCUT2D eigenvalue weighted by Crippen LogP contribution is 2.22. The van der Waals surface area contributed by atoms with Crippen LogP contribution in [0.2, 0.25) is 0 Å². The Morgan fingerprint density at radius 2 is 1.89 bits per heavy atom. The lowest BCUT2D eigenvalue weighted by Gasteiger charge is -2.07. The van der Waals surface area contributed by atoms with Crippen LogP contribution in [0.5, 0.6) is 0 Å². The molecule has 0 radical (unpaired) electrons. The van der Waals surface area contributed by atoms with E-state index in [4.69, 9.17) is 10.5 Å². The molecule has 4 nitrogen and oxygen atoms in total. The molecule has 1 N–H and O–H groups in total. The van der Waals surface area contributed by atoms with Gasteiger partial charge in [-0.05, 0) is 52.7 Å². The van der Waals surface area contributed by atoms with Gasteiger partial charge in [-0.25, -0.2) is 4.98 Å². The lowest BCUT2D eigenvalue weighted by Crippen LogP contribution is -1.95. The molecule has 0 amide bonds. The van der Waals surface area contributed by atoms with Crippen molar-refractivity contribution >= 4 is 27.4 Å². The lowest BCUT2D eigenvalue weighted by atomic mass is 10.1. The maximum absolute atomic E-state index is 8.97. The van der Waals surface area contributed by atoms with Crippen molar-refractivity contribution in [1.82, 2.24) is 4.98 Å². The predicted octanol–water partition coefficient (Wildman–Crippen LogP) is 3.64. The number of aryl methyl sites for hydroxylation is 1. The van der Waals surface area contributed by atoms with Crippen molar-refractivity contribution in [2.75, 3.05) is 5.32 Å². The Morgan fingerprint density at radius 1 is 1.16 bits per heavy atom. The fraction of sp³-hybridized carbons (Fsp3) is 0.0714. The zero-order valence-corrected chi connectivity index (χ0v) is 11.7. The quantitative estimate of drug-likeness (QED) is 0.918. The summed E-state index contributed by atoms with van der Waals surface area (Å²) in [6.07, 6.45) is 1.71. The largest absolute Gasteiger partial charge is 0.340 e. The molecule has 0 atom stereocenters. The van der Waals surface area contributed by atoms with Crippen molar-refractivity contribution < 1.29 is 0 Å². The summed E-state index contributed by atoms with van der Waals surface area (Å²) in [5, 5.41) is 20.9. The van der Waals surface area contributed by atoms with Gasteiger partial charge in [0.15, 0.2) is 0 Å². The van der Waals surface area contributed by atoms with Crippen LogP contribution >= 0.6 is 15.9 Å². The van der Waals surface area contributed by atoms with E-state index >= 15 is 0 Å². The van der Waals surface area contributed by atoms with E-state index in [2.05, 4.69) is 26.2 Å². The number of pyridine rings is 1. The second-order valence-electron chi connectivity index (χ2n) is 3.93. The Labute approximate surface area is 119 Å². The van der Waals surface area contributed by atoms with Crippen LogP contribution in [0.3, 0.4) is 0 Å². The zero-order chi connectivity index (χ0) is 13.8. The van der Waals surface area contributed by atoms with Gasteiger partial charge in [0.05, 0.1) is 11.1 Å². The van der Waals surface area contributed by atoms with Crippen LogP contribution in [0.4, 0.5) is 11.5 Å². The van der Waals surface area contributed by atoms with Gasteiger partial charge >= 0.3 is 0 Å². The fourth-order valence-electron chi connectivity index (χ4n) is 1.57. The van der Waals surface area contributed by atoms with Crippen molar-refractivity contribution in [3.8, 4) is 12.1 Å². The maximum atomic E-state index is 8.97. The van der Waals surface area contributed by atoms with Crippen LogP contribution in [-0.4, -0.2) is 4.98 Å². The van der Waals surface area contributed by atoms with Gasteiger partial charge in [-0.2, -0.15) is 10.5 Å². The molecule has 0 spiro atoms. The summed E-state index contributed by atoms with van der Waals surface area (Å²) in [7, 11) is 0. The maximum Gasteiger partial charge on any atom is 0.130 e. The Bertz CT molecular complexity index is 710. The van der Waals surface area contributed by atoms with Crippen molar-refractivity contribution in [2.24, 2.45) is 0 Å². The van der Waals surface area contributed by atoms with Crippen LogP contribution < -0.4 is 5.32 Å². The number of benzene rings is 1. The highest BCUT2D eigenvalue weighted by Gasteiger charge is 2.04. The van der Waals surface area contributed by atoms with Crippen molar-refractivity contribution in [3.05, 3.63) is 51.6 Å². The Balaban J connectivity index is 2.32. The van der Waals surface area contributed by atoms with Gasteiger partial charge in [-0.15, -0.1) is 0 Å². The summed E-state index contributed by atoms with van der Waals surface area (Å²) in [5.41, 5.74) is 2.51. The first-order valence-corrected chi connectivity index (χ1v) is 6.27. The molecule has 0 aliphatic rings. The van der Waals surface area contributed by atoms with E-state index in [0.29, 0.717) is 16.9 Å². The molecule has 2 aromatic rings. The molecule has 0 fully saturated rings. The van der Waals surface area contributed by atoms with E-state index in [1.807, 2.05) is 25.1 Å². The lowest BCUT2D eigenvalue weighted by molar-refractivity contribution is 1.25. The molecule has 92 valence electrons. The number of nitriles is 2. The molecule has 19 heavy (non-hydrogen) atoms. The second-order valence-corrected chi connectivity index (χ2v) is 4.78. The van der Waals surface area contributed by atoms with Crippen molar-refractivity contribution in [1.29, 1.82) is 10.5 Å². The summed E-state index contributed by atoms with van der Waals surface area (Å²) in [4.78, 5) is 4.23. The molecule has 0 saturated heterocycles. The standard InChI is InChI=1S/C14H9BrN4/c1-9-4-14(18-8-13(9)15)19-12-3-2-10(6-16)11(5-12)7-17/h2-5,8H,1H3,(H,18,19). The van der Waals surface area contributed by atoms with E-state index in [-0.39, 0.29) is 0 Å². The SMILES string of the molecule is Cc1cc(Nc2ccc(C#N)c(C#N)c2)ncc1Br. The molecular formula is C14H9BrN4. The monoisotopic (exact) mass is 312 g/mol. The molecule has 1 aromatic heterocycles. The fourth-order valence-corrected chi connectivity index (χ4v) is 1.78. The molecule has 5 heteroatoms. The minimum absolute atomic E-state index is 0.348. The molecule has 0 unspecified atom stereocenters. The number of hydrogen-bond donors (Lipinski definition) is 1. The van der Waals surface area contributed by atoms with Gasteiger partial charge in [0.2, 0.25) is 0 Å². The first-order valence-electron chi connectivity index (χ1n) is 5.47. The van der Waals surface area contributed by atoms with Crippen LogP contribution in [-0.2, 0) is 0 Å². The average Bonchev–Trinajstić information content (AvgIpc) is 2.43. The van der Waals surface area contributed by atoms with Crippen molar-refractivity contribution in [2.45, 2.75) is 6.92 Å². The minimum atomic E-state index is 0.348. The smallest absolute Gasteiger partial charge is 0.130 e. The van der Waals surface area contributed by atoms with E-state index in [0.717, 1.165) is 15.7 Å². The Hall–Kier alpha value is -2.37. The molecule has 1 heterocycles. The van der Waals surface area contributed by atoms with E-state index in [9.17, 15) is 0 Å². The first-order chi connectivity index (χ1) is 9.13. The van der Waals surface area contributed by atoms with Crippen LogP contribution in [0.1, 0.15) is 16.7 Å². The van der Waals surface area contributed by atoms with E-state index in [1.54, 1.807) is 24.4 Å². The third-order valence-electron chi connectivity index (χ3n) is 2.58. The average molecular weight is 313 g/mol. The highest BCUT2D eigenvalue weighted by molar-refractivity contribution is 9.10. The summed E-state index contributed by atoms with van der Waals surface area (Å²) < 4.78 is 0.940. The summed E-state index contributed by atoms with van der Waals surface area (Å²) in [6.45, 7) is 1.97. The van der Waals surface area contributed by atoms with E-state index in [1.165, 1.54) is 0 Å². The number of halogens is 1. The Morgan fingerprint density at radius 3 is 2.53 bits per heavy atom. The van der Waals surface area contributed by atoms with Crippen LogP contribution in [0.25, 0.3) is 0 Å². The zero-order valence-electron chi connectivity index (χ0n) is 10.1. The van der Waals surface area contributed by atoms with Gasteiger partial charge in [0.25, 0.3) is 0 Å². The highest BCUT2D eigenvalue weighted by atomic mass is 79.9. The molecular weight excluding hydrogens is 304 g/mol. The Kier molecular flexibility index (Phi) is 3.79. The second kappa shape index (κ2) is 5.51. The summed E-state index contributed by atoms with van der Waals surface area (Å²) in [5.74, 6) is 0.689. The van der Waals surface area contributed by atoms with E-state index < -0.39 is 0 Å². The number of hydrogen-bond acceptors (Lipinski definition) is 4. The number of rotatable bonds is 2. The molecule has 0 saturated carbocycles. The number of anilines is 2. The number of nitrogens with zero attached hydrogens (tertiary/aromatic N) is 3. The van der Waals surface area contributed by atoms with Gasteiger partial charge in [0, 0.05) is 16.4 Å². The van der Waals surface area contributed by atoms with Gasteiger partial charge in [-0.1, -0.05) is 0 Å². The number of nitrogens with one attached hydrogen (secondary N) is 1. The third-order valence-corrected chi connectivity index (χ3v) is 3.41. The van der Waals surface area contributed by atoms with Crippen molar-refractivity contribution in [3.63, 3.8) is 0 Å². The molecule has 1 aromatic carbocycles. The minimum Gasteiger partial charge on any atom is -0.340 e. The first kappa shape index (κ1) is 13.1. The topological polar surface area (TPSA) is 72.5 Å². The van der Waals surface area contributed by atoms with Crippen LogP contribution in [0, 0.1) is 29.6 Å². The van der Waals surface area contributed by atoms with Gasteiger partial charge in [-0.3, -0.25) is 0 Å². The van der Waals surface area contributed by atoms with Gasteiger partial charge in [0.1, 0.15) is 18.0 Å². The normalized spacial score (nSPS) is 9.47. The number of aromatic nitrogens is 1. The van der Waals surface area contributed by atoms with Gasteiger partial charge < -0.3 is 5.32 Å². The molecule has 0 aliphatic carbocycles. The molecule has 0 bridgehead atoms. The molecule has 2 rings (SSSR count). The predicted molar refractivity (Wildman–Crippen MR) is 75.8 cm³/mol. The summed E-state index contributed by atoms with van der Waals surface area (Å²) in [6, 6.07) is 10.9.